The Balaban J connectivity index is 1.48. The average molecular weight is 479 g/mol. The highest BCUT2D eigenvalue weighted by Gasteiger charge is 2.15. The van der Waals surface area contributed by atoms with Crippen LogP contribution in [0.2, 0.25) is 5.02 Å². The number of aryl methyl sites for hydroxylation is 2. The molecule has 0 saturated carbocycles. The van der Waals surface area contributed by atoms with Crippen LogP contribution in [0.5, 0.6) is 11.6 Å². The van der Waals surface area contributed by atoms with Gasteiger partial charge in [-0.1, -0.05) is 11.6 Å². The van der Waals surface area contributed by atoms with Crippen molar-refractivity contribution < 1.29 is 14.5 Å². The van der Waals surface area contributed by atoms with Crippen LogP contribution < -0.4 is 10.1 Å². The van der Waals surface area contributed by atoms with Crippen LogP contribution in [0, 0.1) is 30.9 Å². The van der Waals surface area contributed by atoms with Crippen molar-refractivity contribution >= 4 is 28.9 Å². The van der Waals surface area contributed by atoms with Gasteiger partial charge in [0.1, 0.15) is 23.7 Å². The molecule has 0 unspecified atom stereocenters. The van der Waals surface area contributed by atoms with Gasteiger partial charge < -0.3 is 10.1 Å². The van der Waals surface area contributed by atoms with E-state index in [4.69, 9.17) is 16.3 Å². The van der Waals surface area contributed by atoms with Gasteiger partial charge in [0.25, 0.3) is 11.6 Å². The number of amides is 1. The zero-order chi connectivity index (χ0) is 24.4. The molecule has 0 aliphatic heterocycles. The Hall–Kier alpha value is -4.31. The number of hydrogen-bond donors (Lipinski definition) is 1. The fourth-order valence-electron chi connectivity index (χ4n) is 3.16. The average Bonchev–Trinajstić information content (AvgIpc) is 3.12. The number of rotatable bonds is 6. The number of halogens is 1. The molecule has 4 rings (SSSR count). The fraction of sp³-hybridized carbons (Fsp3) is 0.130. The number of carbonyl (C=O) groups is 1. The smallest absolute Gasteiger partial charge is 0.270 e. The van der Waals surface area contributed by atoms with Gasteiger partial charge in [-0.2, -0.15) is 4.98 Å². The molecule has 4 aromatic rings. The van der Waals surface area contributed by atoms with Gasteiger partial charge in [-0.15, -0.1) is 0 Å². The normalized spacial score (nSPS) is 10.7. The predicted octanol–water partition coefficient (Wildman–Crippen LogP) is 5.19. The summed E-state index contributed by atoms with van der Waals surface area (Å²) in [6.45, 7) is 5.65. The number of benzene rings is 2. The lowest BCUT2D eigenvalue weighted by Gasteiger charge is -2.11. The zero-order valence-electron chi connectivity index (χ0n) is 18.4. The number of nitro benzene ring substituents is 1. The molecule has 0 atom stereocenters. The van der Waals surface area contributed by atoms with Crippen LogP contribution >= 0.6 is 11.6 Å². The topological polar surface area (TPSA) is 125 Å². The number of carbonyl (C=O) groups excluding carboxylic acids is 1. The second-order valence-corrected chi connectivity index (χ2v) is 7.81. The van der Waals surface area contributed by atoms with Gasteiger partial charge >= 0.3 is 0 Å². The Morgan fingerprint density at radius 1 is 1.09 bits per heavy atom. The highest BCUT2D eigenvalue weighted by Crippen LogP contribution is 2.26. The zero-order valence-corrected chi connectivity index (χ0v) is 19.2. The van der Waals surface area contributed by atoms with E-state index >= 15 is 0 Å². The van der Waals surface area contributed by atoms with Crippen molar-refractivity contribution in [1.29, 1.82) is 0 Å². The van der Waals surface area contributed by atoms with Crippen molar-refractivity contribution in [2.45, 2.75) is 20.8 Å². The van der Waals surface area contributed by atoms with E-state index in [9.17, 15) is 14.9 Å². The maximum atomic E-state index is 12.5. The molecule has 0 aliphatic carbocycles. The first-order chi connectivity index (χ1) is 16.2. The van der Waals surface area contributed by atoms with Gasteiger partial charge in [0.15, 0.2) is 0 Å². The number of nitrogens with one attached hydrogen (secondary N) is 1. The number of ether oxygens (including phenoxy) is 1. The van der Waals surface area contributed by atoms with Crippen molar-refractivity contribution in [3.05, 3.63) is 92.8 Å². The first kappa shape index (κ1) is 22.9. The minimum atomic E-state index is -0.577. The number of nitrogens with zero attached hydrogens (tertiary/aromatic N) is 5. The monoisotopic (exact) mass is 478 g/mol. The number of hydrogen-bond acceptors (Lipinski definition) is 7. The van der Waals surface area contributed by atoms with Crippen LogP contribution in [0.25, 0.3) is 5.82 Å². The molecule has 1 amide bonds. The van der Waals surface area contributed by atoms with Crippen molar-refractivity contribution in [3.8, 4) is 17.4 Å². The van der Waals surface area contributed by atoms with E-state index in [1.807, 2.05) is 18.4 Å². The van der Waals surface area contributed by atoms with Crippen LogP contribution in [0.4, 0.5) is 11.4 Å². The summed E-state index contributed by atoms with van der Waals surface area (Å²) in [5.41, 5.74) is 2.31. The summed E-state index contributed by atoms with van der Waals surface area (Å²) >= 11 is 6.03. The Labute approximate surface area is 199 Å². The Morgan fingerprint density at radius 2 is 1.82 bits per heavy atom. The van der Waals surface area contributed by atoms with Crippen LogP contribution in [0.1, 0.15) is 27.6 Å². The van der Waals surface area contributed by atoms with Crippen molar-refractivity contribution in [2.75, 3.05) is 5.32 Å². The largest absolute Gasteiger partial charge is 0.439 e. The number of imidazole rings is 1. The first-order valence-corrected chi connectivity index (χ1v) is 10.5. The molecule has 172 valence electrons. The summed E-state index contributed by atoms with van der Waals surface area (Å²) in [4.78, 5) is 35.9. The van der Waals surface area contributed by atoms with Crippen molar-refractivity contribution in [3.63, 3.8) is 0 Å². The molecule has 0 bridgehead atoms. The molecule has 2 aromatic carbocycles. The van der Waals surface area contributed by atoms with E-state index in [1.165, 1.54) is 12.1 Å². The number of anilines is 1. The van der Waals surface area contributed by atoms with E-state index in [0.717, 1.165) is 17.5 Å². The lowest BCUT2D eigenvalue weighted by Crippen LogP contribution is -2.12. The summed E-state index contributed by atoms with van der Waals surface area (Å²) in [5.74, 6) is 1.57. The van der Waals surface area contributed by atoms with Crippen LogP contribution in [0.3, 0.4) is 0 Å². The standard InChI is InChI=1S/C23H19ClN6O4/c1-13-14(2)29(12-25-13)21-11-22(27-15(3)26-21)34-18-7-4-16(5-8-18)28-23(31)19-9-6-17(30(32)33)10-20(19)24/h4-12H,1-3H3,(H,28,31). The van der Waals surface area contributed by atoms with Gasteiger partial charge in [0.05, 0.1) is 21.2 Å². The van der Waals surface area contributed by atoms with E-state index in [0.29, 0.717) is 29.0 Å². The van der Waals surface area contributed by atoms with E-state index in [-0.39, 0.29) is 16.3 Å². The Kier molecular flexibility index (Phi) is 6.24. The quantitative estimate of drug-likeness (QED) is 0.298. The lowest BCUT2D eigenvalue weighted by atomic mass is 10.2. The van der Waals surface area contributed by atoms with E-state index in [1.54, 1.807) is 43.6 Å². The van der Waals surface area contributed by atoms with Crippen LogP contribution in [0.15, 0.2) is 54.9 Å². The molecule has 2 heterocycles. The summed E-state index contributed by atoms with van der Waals surface area (Å²) in [6.07, 6.45) is 1.70. The molecular weight excluding hydrogens is 460 g/mol. The first-order valence-electron chi connectivity index (χ1n) is 10.1. The Bertz CT molecular complexity index is 1400. The summed E-state index contributed by atoms with van der Waals surface area (Å²) < 4.78 is 7.74. The molecule has 10 nitrogen and oxygen atoms in total. The van der Waals surface area contributed by atoms with E-state index in [2.05, 4.69) is 20.3 Å². The molecule has 0 fully saturated rings. The molecular formula is C23H19ClN6O4. The molecule has 0 spiro atoms. The third-order valence-electron chi connectivity index (χ3n) is 5.04. The summed E-state index contributed by atoms with van der Waals surface area (Å²) in [7, 11) is 0. The summed E-state index contributed by atoms with van der Waals surface area (Å²) in [5, 5.41) is 13.5. The Morgan fingerprint density at radius 3 is 2.44 bits per heavy atom. The van der Waals surface area contributed by atoms with Gasteiger partial charge in [-0.25, -0.2) is 9.97 Å². The van der Waals surface area contributed by atoms with Gasteiger partial charge in [-0.3, -0.25) is 19.5 Å². The van der Waals surface area contributed by atoms with Crippen LogP contribution in [-0.2, 0) is 0 Å². The van der Waals surface area contributed by atoms with Gasteiger partial charge in [0.2, 0.25) is 5.88 Å². The number of non-ortho nitro benzene ring substituents is 1. The molecule has 2 aromatic heterocycles. The number of aromatic nitrogens is 4. The molecule has 11 heteroatoms. The van der Waals surface area contributed by atoms with Gasteiger partial charge in [0, 0.05) is 29.6 Å². The molecule has 0 aliphatic rings. The SMILES string of the molecule is Cc1nc(Oc2ccc(NC(=O)c3ccc([N+](=O)[O-])cc3Cl)cc2)cc(-n2cnc(C)c2C)n1. The molecule has 0 radical (unpaired) electrons. The summed E-state index contributed by atoms with van der Waals surface area (Å²) in [6, 6.07) is 12.1. The maximum absolute atomic E-state index is 12.5. The van der Waals surface area contributed by atoms with Crippen LogP contribution in [-0.4, -0.2) is 30.3 Å². The molecule has 34 heavy (non-hydrogen) atoms. The van der Waals surface area contributed by atoms with Gasteiger partial charge in [-0.05, 0) is 51.1 Å². The third-order valence-corrected chi connectivity index (χ3v) is 5.35. The second-order valence-electron chi connectivity index (χ2n) is 7.40. The van der Waals surface area contributed by atoms with Crippen molar-refractivity contribution in [2.24, 2.45) is 0 Å². The highest BCUT2D eigenvalue weighted by molar-refractivity contribution is 6.34. The number of nitro groups is 1. The molecule has 0 saturated heterocycles. The second kappa shape index (κ2) is 9.28. The lowest BCUT2D eigenvalue weighted by molar-refractivity contribution is -0.384. The maximum Gasteiger partial charge on any atom is 0.270 e. The fourth-order valence-corrected chi connectivity index (χ4v) is 3.42. The minimum Gasteiger partial charge on any atom is -0.439 e. The third kappa shape index (κ3) is 4.86. The van der Waals surface area contributed by atoms with E-state index < -0.39 is 10.8 Å². The highest BCUT2D eigenvalue weighted by atomic mass is 35.5. The minimum absolute atomic E-state index is 0.00934. The molecule has 1 N–H and O–H groups in total. The predicted molar refractivity (Wildman–Crippen MR) is 126 cm³/mol. The van der Waals surface area contributed by atoms with Crippen molar-refractivity contribution in [1.82, 2.24) is 19.5 Å².